The van der Waals surface area contributed by atoms with Crippen LogP contribution in [0.1, 0.15) is 10.4 Å². The van der Waals surface area contributed by atoms with E-state index in [2.05, 4.69) is 27.9 Å². The van der Waals surface area contributed by atoms with Crippen molar-refractivity contribution in [2.75, 3.05) is 19.5 Å². The van der Waals surface area contributed by atoms with Crippen molar-refractivity contribution in [1.82, 2.24) is 0 Å². The second-order valence-corrected chi connectivity index (χ2v) is 5.28. The lowest BCUT2D eigenvalue weighted by Gasteiger charge is -2.10. The van der Waals surface area contributed by atoms with Crippen LogP contribution < -0.4 is 14.8 Å². The molecule has 0 atom stereocenters. The molecule has 1 amide bonds. The molecule has 0 fully saturated rings. The van der Waals surface area contributed by atoms with E-state index in [0.717, 1.165) is 3.57 Å². The van der Waals surface area contributed by atoms with Crippen LogP contribution in [0.2, 0.25) is 0 Å². The highest BCUT2D eigenvalue weighted by molar-refractivity contribution is 14.1. The van der Waals surface area contributed by atoms with E-state index in [9.17, 15) is 4.79 Å². The minimum Gasteiger partial charge on any atom is -0.493 e. The zero-order valence-corrected chi connectivity index (χ0v) is 13.3. The number of hydrogen-bond acceptors (Lipinski definition) is 3. The van der Waals surface area contributed by atoms with E-state index in [1.165, 1.54) is 0 Å². The Hall–Kier alpha value is -1.76. The monoisotopic (exact) mass is 383 g/mol. The molecule has 2 aromatic carbocycles. The van der Waals surface area contributed by atoms with Crippen LogP contribution in [0.3, 0.4) is 0 Å². The van der Waals surface area contributed by atoms with Crippen molar-refractivity contribution < 1.29 is 14.3 Å². The van der Waals surface area contributed by atoms with Gasteiger partial charge in [-0.05, 0) is 52.9 Å². The minimum absolute atomic E-state index is 0.157. The lowest BCUT2D eigenvalue weighted by Crippen LogP contribution is -2.12. The van der Waals surface area contributed by atoms with Crippen molar-refractivity contribution in [2.24, 2.45) is 0 Å². The van der Waals surface area contributed by atoms with Crippen LogP contribution >= 0.6 is 22.6 Å². The number of methoxy groups -OCH3 is 2. The van der Waals surface area contributed by atoms with Gasteiger partial charge >= 0.3 is 0 Å². The maximum Gasteiger partial charge on any atom is 0.255 e. The lowest BCUT2D eigenvalue weighted by molar-refractivity contribution is 0.102. The Morgan fingerprint density at radius 1 is 1.05 bits per heavy atom. The summed E-state index contributed by atoms with van der Waals surface area (Å²) in [7, 11) is 3.13. The summed E-state index contributed by atoms with van der Waals surface area (Å²) >= 11 is 2.17. The van der Waals surface area contributed by atoms with E-state index < -0.39 is 0 Å². The first-order valence-electron chi connectivity index (χ1n) is 5.93. The number of nitrogens with one attached hydrogen (secondary N) is 1. The van der Waals surface area contributed by atoms with Gasteiger partial charge in [0.25, 0.3) is 5.91 Å². The number of hydrogen-bond donors (Lipinski definition) is 1. The van der Waals surface area contributed by atoms with Gasteiger partial charge in [-0.3, -0.25) is 4.79 Å². The molecule has 0 aliphatic carbocycles. The van der Waals surface area contributed by atoms with Gasteiger partial charge in [0.05, 0.1) is 14.2 Å². The molecule has 1 N–H and O–H groups in total. The fraction of sp³-hybridized carbons (Fsp3) is 0.133. The van der Waals surface area contributed by atoms with Crippen LogP contribution in [-0.2, 0) is 0 Å². The third kappa shape index (κ3) is 3.41. The summed E-state index contributed by atoms with van der Waals surface area (Å²) in [5.41, 5.74) is 1.28. The molecule has 0 aliphatic rings. The first kappa shape index (κ1) is 14.6. The Balaban J connectivity index is 2.19. The second-order valence-electron chi connectivity index (χ2n) is 4.03. The van der Waals surface area contributed by atoms with E-state index in [0.29, 0.717) is 22.7 Å². The Bertz CT molecular complexity index is 628. The molecule has 0 bridgehead atoms. The van der Waals surface area contributed by atoms with Crippen LogP contribution in [0, 0.1) is 3.57 Å². The van der Waals surface area contributed by atoms with Crippen molar-refractivity contribution in [1.29, 1.82) is 0 Å². The van der Waals surface area contributed by atoms with Gasteiger partial charge in [-0.15, -0.1) is 0 Å². The van der Waals surface area contributed by atoms with E-state index in [-0.39, 0.29) is 5.91 Å². The average molecular weight is 383 g/mol. The molecule has 2 aromatic rings. The van der Waals surface area contributed by atoms with Gasteiger partial charge in [0.2, 0.25) is 0 Å². The average Bonchev–Trinajstić information content (AvgIpc) is 2.47. The Morgan fingerprint density at radius 2 is 1.80 bits per heavy atom. The van der Waals surface area contributed by atoms with Crippen molar-refractivity contribution in [2.45, 2.75) is 0 Å². The van der Waals surface area contributed by atoms with Crippen LogP contribution in [0.15, 0.2) is 42.5 Å². The number of rotatable bonds is 4. The number of ether oxygens (including phenoxy) is 2. The van der Waals surface area contributed by atoms with Crippen molar-refractivity contribution in [3.05, 3.63) is 51.6 Å². The molecule has 0 aliphatic heterocycles. The van der Waals surface area contributed by atoms with Crippen LogP contribution in [0.25, 0.3) is 0 Å². The van der Waals surface area contributed by atoms with E-state index >= 15 is 0 Å². The zero-order valence-electron chi connectivity index (χ0n) is 11.1. The summed E-state index contributed by atoms with van der Waals surface area (Å²) < 4.78 is 11.4. The highest BCUT2D eigenvalue weighted by atomic mass is 127. The molecule has 5 heteroatoms. The highest BCUT2D eigenvalue weighted by Crippen LogP contribution is 2.29. The van der Waals surface area contributed by atoms with E-state index in [1.54, 1.807) is 38.5 Å². The summed E-state index contributed by atoms with van der Waals surface area (Å²) in [6, 6.07) is 12.6. The topological polar surface area (TPSA) is 47.6 Å². The summed E-state index contributed by atoms with van der Waals surface area (Å²) in [6.07, 6.45) is 0. The molecule has 0 aromatic heterocycles. The number of carbonyl (C=O) groups excluding carboxylic acids is 1. The summed E-state index contributed by atoms with van der Waals surface area (Å²) in [4.78, 5) is 12.1. The van der Waals surface area contributed by atoms with Crippen molar-refractivity contribution in [3.8, 4) is 11.5 Å². The Morgan fingerprint density at radius 3 is 2.45 bits per heavy atom. The third-order valence-corrected chi connectivity index (χ3v) is 3.40. The fourth-order valence-electron chi connectivity index (χ4n) is 1.75. The highest BCUT2D eigenvalue weighted by Gasteiger charge is 2.09. The van der Waals surface area contributed by atoms with Crippen LogP contribution in [-0.4, -0.2) is 20.1 Å². The van der Waals surface area contributed by atoms with Crippen molar-refractivity contribution in [3.63, 3.8) is 0 Å². The standard InChI is InChI=1S/C15H14INO3/c1-19-13-7-6-12(9-14(13)20-2)17-15(18)10-4-3-5-11(16)8-10/h3-9H,1-2H3,(H,17,18). The molecule has 2 rings (SSSR count). The molecule has 0 saturated heterocycles. The summed E-state index contributed by atoms with van der Waals surface area (Å²) in [6.45, 7) is 0. The van der Waals surface area contributed by atoms with Gasteiger partial charge in [0.15, 0.2) is 11.5 Å². The van der Waals surface area contributed by atoms with E-state index in [1.807, 2.05) is 18.2 Å². The van der Waals surface area contributed by atoms with Gasteiger partial charge in [-0.25, -0.2) is 0 Å². The van der Waals surface area contributed by atoms with Gasteiger partial charge in [0.1, 0.15) is 0 Å². The predicted molar refractivity (Wildman–Crippen MR) is 86.7 cm³/mol. The normalized spacial score (nSPS) is 9.95. The lowest BCUT2D eigenvalue weighted by atomic mass is 10.2. The minimum atomic E-state index is -0.157. The van der Waals surface area contributed by atoms with Gasteiger partial charge in [-0.2, -0.15) is 0 Å². The molecule has 0 saturated carbocycles. The molecule has 0 spiro atoms. The summed E-state index contributed by atoms with van der Waals surface area (Å²) in [5.74, 6) is 1.04. The molecule has 20 heavy (non-hydrogen) atoms. The second kappa shape index (κ2) is 6.60. The predicted octanol–water partition coefficient (Wildman–Crippen LogP) is 3.56. The maximum absolute atomic E-state index is 12.1. The number of amides is 1. The number of benzene rings is 2. The number of halogens is 1. The first-order chi connectivity index (χ1) is 9.63. The molecule has 0 unspecified atom stereocenters. The largest absolute Gasteiger partial charge is 0.493 e. The molecule has 0 heterocycles. The zero-order chi connectivity index (χ0) is 14.5. The number of carbonyl (C=O) groups is 1. The van der Waals surface area contributed by atoms with Gasteiger partial charge < -0.3 is 14.8 Å². The van der Waals surface area contributed by atoms with Crippen LogP contribution in [0.4, 0.5) is 5.69 Å². The van der Waals surface area contributed by atoms with Gasteiger partial charge in [-0.1, -0.05) is 6.07 Å². The number of anilines is 1. The third-order valence-electron chi connectivity index (χ3n) is 2.73. The van der Waals surface area contributed by atoms with E-state index in [4.69, 9.17) is 9.47 Å². The molecule has 4 nitrogen and oxygen atoms in total. The van der Waals surface area contributed by atoms with Crippen molar-refractivity contribution >= 4 is 34.2 Å². The van der Waals surface area contributed by atoms with Gasteiger partial charge in [0, 0.05) is 20.9 Å². The molecular weight excluding hydrogens is 369 g/mol. The first-order valence-corrected chi connectivity index (χ1v) is 7.01. The maximum atomic E-state index is 12.1. The van der Waals surface area contributed by atoms with Crippen LogP contribution in [0.5, 0.6) is 11.5 Å². The quantitative estimate of drug-likeness (QED) is 0.822. The smallest absolute Gasteiger partial charge is 0.255 e. The summed E-state index contributed by atoms with van der Waals surface area (Å²) in [5, 5.41) is 2.83. The molecule has 0 radical (unpaired) electrons. The Labute approximate surface area is 131 Å². The fourth-order valence-corrected chi connectivity index (χ4v) is 2.29. The Kier molecular flexibility index (Phi) is 4.84. The molecular formula is C15H14INO3. The molecule has 104 valence electrons. The SMILES string of the molecule is COc1ccc(NC(=O)c2cccc(I)c2)cc1OC.